The van der Waals surface area contributed by atoms with Crippen LogP contribution in [0.15, 0.2) is 42.7 Å². The second-order valence-electron chi connectivity index (χ2n) is 6.23. The van der Waals surface area contributed by atoms with Crippen LogP contribution in [0.25, 0.3) is 0 Å². The SMILES string of the molecule is O=C(CCn1cccn1)NC[C@H](O)CN1CCc2ccccc2C1. The number of nitrogens with zero attached hydrogens (tertiary/aromatic N) is 3. The summed E-state index contributed by atoms with van der Waals surface area (Å²) in [5.41, 5.74) is 2.73. The van der Waals surface area contributed by atoms with Crippen LogP contribution in [-0.2, 0) is 24.3 Å². The molecule has 2 N–H and O–H groups in total. The van der Waals surface area contributed by atoms with Crippen LogP contribution in [0.1, 0.15) is 17.5 Å². The summed E-state index contributed by atoms with van der Waals surface area (Å²) < 4.78 is 1.72. The fourth-order valence-electron chi connectivity index (χ4n) is 3.04. The number of carbonyl (C=O) groups is 1. The van der Waals surface area contributed by atoms with E-state index in [-0.39, 0.29) is 12.5 Å². The summed E-state index contributed by atoms with van der Waals surface area (Å²) in [6.45, 7) is 3.23. The van der Waals surface area contributed by atoms with Crippen molar-refractivity contribution in [1.29, 1.82) is 0 Å². The highest BCUT2D eigenvalue weighted by Crippen LogP contribution is 2.18. The van der Waals surface area contributed by atoms with Crippen LogP contribution in [0.5, 0.6) is 0 Å². The number of fused-ring (bicyclic) bond motifs is 1. The van der Waals surface area contributed by atoms with Crippen LogP contribution in [0.3, 0.4) is 0 Å². The number of aryl methyl sites for hydroxylation is 1. The third-order valence-corrected chi connectivity index (χ3v) is 4.34. The van der Waals surface area contributed by atoms with E-state index in [4.69, 9.17) is 0 Å². The third kappa shape index (κ3) is 4.66. The number of β-amino-alcohol motifs (C(OH)–C–C–N with tert-alkyl or cyclic N) is 1. The van der Waals surface area contributed by atoms with Gasteiger partial charge in [-0.2, -0.15) is 5.10 Å². The standard InChI is InChI=1S/C18H24N4O2/c23-17(12-19-18(24)7-11-22-9-3-8-20-22)14-21-10-6-15-4-1-2-5-16(15)13-21/h1-5,8-9,17,23H,6-7,10-14H2,(H,19,24)/t17-/m0/s1. The Morgan fingerprint density at radius 2 is 2.12 bits per heavy atom. The van der Waals surface area contributed by atoms with Crippen molar-refractivity contribution in [2.75, 3.05) is 19.6 Å². The van der Waals surface area contributed by atoms with Gasteiger partial charge in [0.15, 0.2) is 0 Å². The number of rotatable bonds is 7. The minimum absolute atomic E-state index is 0.0615. The molecule has 6 heteroatoms. The second kappa shape index (κ2) is 8.08. The summed E-state index contributed by atoms with van der Waals surface area (Å²) in [6.07, 6.45) is 4.35. The van der Waals surface area contributed by atoms with Gasteiger partial charge in [-0.3, -0.25) is 14.4 Å². The molecule has 1 aromatic heterocycles. The molecule has 128 valence electrons. The van der Waals surface area contributed by atoms with Crippen molar-refractivity contribution in [2.24, 2.45) is 0 Å². The quantitative estimate of drug-likeness (QED) is 0.789. The summed E-state index contributed by atoms with van der Waals surface area (Å²) >= 11 is 0. The minimum atomic E-state index is -0.552. The first-order valence-corrected chi connectivity index (χ1v) is 8.42. The fraction of sp³-hybridized carbons (Fsp3) is 0.444. The van der Waals surface area contributed by atoms with Gasteiger partial charge in [0, 0.05) is 51.5 Å². The van der Waals surface area contributed by atoms with Crippen LogP contribution in [-0.4, -0.2) is 51.4 Å². The normalized spacial score (nSPS) is 15.7. The Hall–Kier alpha value is -2.18. The summed E-state index contributed by atoms with van der Waals surface area (Å²) in [6, 6.07) is 10.3. The zero-order valence-electron chi connectivity index (χ0n) is 13.8. The number of amides is 1. The van der Waals surface area contributed by atoms with E-state index in [1.54, 1.807) is 10.9 Å². The summed E-state index contributed by atoms with van der Waals surface area (Å²) in [4.78, 5) is 14.1. The molecule has 6 nitrogen and oxygen atoms in total. The predicted molar refractivity (Wildman–Crippen MR) is 91.3 cm³/mol. The molecule has 1 aliphatic heterocycles. The molecule has 1 aliphatic rings. The molecule has 1 atom stereocenters. The van der Waals surface area contributed by atoms with Crippen molar-refractivity contribution in [3.05, 3.63) is 53.9 Å². The number of aliphatic hydroxyl groups is 1. The Balaban J connectivity index is 1.37. The molecule has 0 spiro atoms. The zero-order valence-corrected chi connectivity index (χ0v) is 13.8. The number of hydrogen-bond acceptors (Lipinski definition) is 4. The molecular weight excluding hydrogens is 304 g/mol. The number of carbonyl (C=O) groups excluding carboxylic acids is 1. The van der Waals surface area contributed by atoms with Gasteiger partial charge < -0.3 is 10.4 Å². The lowest BCUT2D eigenvalue weighted by Crippen LogP contribution is -2.42. The largest absolute Gasteiger partial charge is 0.390 e. The topological polar surface area (TPSA) is 70.4 Å². The summed E-state index contributed by atoms with van der Waals surface area (Å²) in [5, 5.41) is 17.0. The lowest BCUT2D eigenvalue weighted by atomic mass is 10.00. The molecule has 24 heavy (non-hydrogen) atoms. The first kappa shape index (κ1) is 16.7. The molecule has 2 aromatic rings. The van der Waals surface area contributed by atoms with Crippen molar-refractivity contribution in [2.45, 2.75) is 32.0 Å². The van der Waals surface area contributed by atoms with Crippen molar-refractivity contribution in [1.82, 2.24) is 20.0 Å². The lowest BCUT2D eigenvalue weighted by molar-refractivity contribution is -0.121. The molecule has 1 amide bonds. The lowest BCUT2D eigenvalue weighted by Gasteiger charge is -2.30. The van der Waals surface area contributed by atoms with E-state index in [9.17, 15) is 9.90 Å². The van der Waals surface area contributed by atoms with Gasteiger partial charge >= 0.3 is 0 Å². The highest BCUT2D eigenvalue weighted by molar-refractivity contribution is 5.75. The maximum Gasteiger partial charge on any atom is 0.221 e. The molecule has 1 aromatic carbocycles. The number of aliphatic hydroxyl groups excluding tert-OH is 1. The van der Waals surface area contributed by atoms with Crippen molar-refractivity contribution in [3.63, 3.8) is 0 Å². The van der Waals surface area contributed by atoms with Gasteiger partial charge in [0.2, 0.25) is 5.91 Å². The predicted octanol–water partition coefficient (Wildman–Crippen LogP) is 0.809. The highest BCUT2D eigenvalue weighted by atomic mass is 16.3. The highest BCUT2D eigenvalue weighted by Gasteiger charge is 2.18. The molecule has 0 saturated carbocycles. The van der Waals surface area contributed by atoms with E-state index in [0.717, 1.165) is 19.5 Å². The van der Waals surface area contributed by atoms with Crippen LogP contribution >= 0.6 is 0 Å². The van der Waals surface area contributed by atoms with Crippen LogP contribution in [0.4, 0.5) is 0 Å². The Labute approximate surface area is 142 Å². The van der Waals surface area contributed by atoms with E-state index in [1.807, 2.05) is 12.3 Å². The average Bonchev–Trinajstić information content (AvgIpc) is 3.11. The van der Waals surface area contributed by atoms with Gasteiger partial charge in [0.1, 0.15) is 0 Å². The van der Waals surface area contributed by atoms with E-state index in [0.29, 0.717) is 19.5 Å². The van der Waals surface area contributed by atoms with Crippen LogP contribution < -0.4 is 5.32 Å². The smallest absolute Gasteiger partial charge is 0.221 e. The Morgan fingerprint density at radius 3 is 2.92 bits per heavy atom. The molecule has 0 aliphatic carbocycles. The molecule has 0 radical (unpaired) electrons. The maximum absolute atomic E-state index is 11.8. The summed E-state index contributed by atoms with van der Waals surface area (Å²) in [5.74, 6) is -0.0615. The molecule has 0 fully saturated rings. The molecule has 2 heterocycles. The van der Waals surface area contributed by atoms with Gasteiger partial charge in [0.05, 0.1) is 6.10 Å². The van der Waals surface area contributed by atoms with Gasteiger partial charge in [-0.15, -0.1) is 0 Å². The van der Waals surface area contributed by atoms with E-state index in [2.05, 4.69) is 39.6 Å². The second-order valence-corrected chi connectivity index (χ2v) is 6.23. The molecule has 3 rings (SSSR count). The monoisotopic (exact) mass is 328 g/mol. The van der Waals surface area contributed by atoms with Gasteiger partial charge in [-0.05, 0) is 23.6 Å². The van der Waals surface area contributed by atoms with Crippen molar-refractivity contribution >= 4 is 5.91 Å². The first-order valence-electron chi connectivity index (χ1n) is 8.42. The summed E-state index contributed by atoms with van der Waals surface area (Å²) in [7, 11) is 0. The minimum Gasteiger partial charge on any atom is -0.390 e. The van der Waals surface area contributed by atoms with Gasteiger partial charge in [-0.1, -0.05) is 24.3 Å². The third-order valence-electron chi connectivity index (χ3n) is 4.34. The zero-order chi connectivity index (χ0) is 16.8. The van der Waals surface area contributed by atoms with Crippen molar-refractivity contribution in [3.8, 4) is 0 Å². The average molecular weight is 328 g/mol. The fourth-order valence-corrected chi connectivity index (χ4v) is 3.04. The number of aromatic nitrogens is 2. The van der Waals surface area contributed by atoms with Gasteiger partial charge in [0.25, 0.3) is 0 Å². The maximum atomic E-state index is 11.8. The Morgan fingerprint density at radius 1 is 1.29 bits per heavy atom. The number of nitrogens with one attached hydrogen (secondary N) is 1. The van der Waals surface area contributed by atoms with Crippen molar-refractivity contribution < 1.29 is 9.90 Å². The number of benzene rings is 1. The Kier molecular flexibility index (Phi) is 5.61. The van der Waals surface area contributed by atoms with E-state index >= 15 is 0 Å². The Bertz CT molecular complexity index is 657. The molecule has 0 bridgehead atoms. The first-order chi connectivity index (χ1) is 11.7. The number of hydrogen-bond donors (Lipinski definition) is 2. The van der Waals surface area contributed by atoms with Crippen LogP contribution in [0.2, 0.25) is 0 Å². The van der Waals surface area contributed by atoms with E-state index < -0.39 is 6.10 Å². The molecule has 0 unspecified atom stereocenters. The van der Waals surface area contributed by atoms with Gasteiger partial charge in [-0.25, -0.2) is 0 Å². The van der Waals surface area contributed by atoms with E-state index in [1.165, 1.54) is 11.1 Å². The molecular formula is C18H24N4O2. The molecule has 0 saturated heterocycles. The van der Waals surface area contributed by atoms with Crippen LogP contribution in [0, 0.1) is 0 Å².